The van der Waals surface area contributed by atoms with Crippen LogP contribution in [0.25, 0.3) is 0 Å². The van der Waals surface area contributed by atoms with E-state index in [1.54, 1.807) is 30.3 Å². The van der Waals surface area contributed by atoms with E-state index in [-0.39, 0.29) is 5.57 Å². The summed E-state index contributed by atoms with van der Waals surface area (Å²) in [6.45, 7) is 0. The van der Waals surface area contributed by atoms with E-state index in [0.29, 0.717) is 32.9 Å². The topological polar surface area (TPSA) is 83.4 Å². The minimum absolute atomic E-state index is 0.158. The minimum Gasteiger partial charge on any atom is -0.495 e. The second kappa shape index (κ2) is 8.99. The highest BCUT2D eigenvalue weighted by Gasteiger charge is 2.13. The van der Waals surface area contributed by atoms with Gasteiger partial charge in [0, 0.05) is 16.2 Å². The molecular formula is C18H15Cl2N3O3. The number of rotatable bonds is 6. The van der Waals surface area contributed by atoms with Crippen LogP contribution in [0.15, 0.2) is 48.2 Å². The molecule has 2 N–H and O–H groups in total. The molecule has 2 aromatic carbocycles. The van der Waals surface area contributed by atoms with Crippen LogP contribution in [-0.4, -0.2) is 20.1 Å². The molecule has 0 atom stereocenters. The lowest BCUT2D eigenvalue weighted by atomic mass is 10.2. The van der Waals surface area contributed by atoms with Crippen LogP contribution in [-0.2, 0) is 4.79 Å². The number of benzene rings is 2. The summed E-state index contributed by atoms with van der Waals surface area (Å²) in [7, 11) is 2.97. The number of nitriles is 1. The van der Waals surface area contributed by atoms with Crippen LogP contribution in [0.1, 0.15) is 0 Å². The molecule has 0 aliphatic carbocycles. The van der Waals surface area contributed by atoms with Gasteiger partial charge in [-0.2, -0.15) is 5.26 Å². The number of halogens is 2. The lowest BCUT2D eigenvalue weighted by Crippen LogP contribution is -2.15. The first-order chi connectivity index (χ1) is 12.5. The summed E-state index contributed by atoms with van der Waals surface area (Å²) >= 11 is 11.9. The van der Waals surface area contributed by atoms with Crippen molar-refractivity contribution in [1.82, 2.24) is 0 Å². The Balaban J connectivity index is 2.22. The van der Waals surface area contributed by atoms with Crippen molar-refractivity contribution < 1.29 is 14.3 Å². The third-order valence-corrected chi connectivity index (χ3v) is 3.78. The zero-order valence-corrected chi connectivity index (χ0v) is 15.5. The number of ether oxygens (including phenoxy) is 2. The number of carbonyl (C=O) groups is 1. The fourth-order valence-corrected chi connectivity index (χ4v) is 2.40. The van der Waals surface area contributed by atoms with E-state index in [1.165, 1.54) is 26.5 Å². The highest BCUT2D eigenvalue weighted by Crippen LogP contribution is 2.29. The van der Waals surface area contributed by atoms with Crippen LogP contribution in [0.4, 0.5) is 11.4 Å². The van der Waals surface area contributed by atoms with Gasteiger partial charge in [-0.25, -0.2) is 0 Å². The quantitative estimate of drug-likeness (QED) is 0.560. The molecule has 2 rings (SSSR count). The fourth-order valence-electron chi connectivity index (χ4n) is 2.06. The summed E-state index contributed by atoms with van der Waals surface area (Å²) in [5, 5.41) is 15.6. The van der Waals surface area contributed by atoms with E-state index < -0.39 is 5.91 Å². The summed E-state index contributed by atoms with van der Waals surface area (Å²) in [4.78, 5) is 12.4. The van der Waals surface area contributed by atoms with E-state index >= 15 is 0 Å². The Morgan fingerprint density at radius 2 is 1.58 bits per heavy atom. The second-order valence-corrected chi connectivity index (χ2v) is 5.83. The predicted molar refractivity (Wildman–Crippen MR) is 102 cm³/mol. The molecule has 0 heterocycles. The van der Waals surface area contributed by atoms with Gasteiger partial charge in [-0.1, -0.05) is 23.2 Å². The molecule has 1 amide bonds. The Hall–Kier alpha value is -2.88. The highest BCUT2D eigenvalue weighted by atomic mass is 35.5. The van der Waals surface area contributed by atoms with Gasteiger partial charge in [0.15, 0.2) is 0 Å². The number of hydrogen-bond acceptors (Lipinski definition) is 5. The molecule has 6 nitrogen and oxygen atoms in total. The van der Waals surface area contributed by atoms with Gasteiger partial charge in [0.1, 0.15) is 23.1 Å². The van der Waals surface area contributed by atoms with Crippen molar-refractivity contribution in [2.45, 2.75) is 0 Å². The molecule has 0 fully saturated rings. The SMILES string of the molecule is COc1ccc(Cl)cc1N/C=C(/C#N)C(=O)Nc1cc(Cl)ccc1OC. The van der Waals surface area contributed by atoms with E-state index in [4.69, 9.17) is 32.7 Å². The zero-order chi connectivity index (χ0) is 19.1. The maximum Gasteiger partial charge on any atom is 0.267 e. The summed E-state index contributed by atoms with van der Waals surface area (Å²) in [5.41, 5.74) is 0.710. The molecule has 0 spiro atoms. The first kappa shape index (κ1) is 19.4. The average Bonchev–Trinajstić information content (AvgIpc) is 2.62. The second-order valence-electron chi connectivity index (χ2n) is 4.96. The minimum atomic E-state index is -0.624. The first-order valence-corrected chi connectivity index (χ1v) is 8.09. The molecule has 2 aromatic rings. The molecule has 0 unspecified atom stereocenters. The van der Waals surface area contributed by atoms with Crippen molar-refractivity contribution in [3.8, 4) is 17.6 Å². The number of hydrogen-bond donors (Lipinski definition) is 2. The maximum absolute atomic E-state index is 12.4. The number of methoxy groups -OCH3 is 2. The number of carbonyl (C=O) groups excluding carboxylic acids is 1. The number of nitrogens with one attached hydrogen (secondary N) is 2. The van der Waals surface area contributed by atoms with Gasteiger partial charge >= 0.3 is 0 Å². The van der Waals surface area contributed by atoms with Gasteiger partial charge < -0.3 is 20.1 Å². The Bertz CT molecular complexity index is 892. The van der Waals surface area contributed by atoms with Crippen LogP contribution in [0, 0.1) is 11.3 Å². The van der Waals surface area contributed by atoms with Crippen molar-refractivity contribution >= 4 is 40.5 Å². The predicted octanol–water partition coefficient (Wildman–Crippen LogP) is 4.47. The molecular weight excluding hydrogens is 377 g/mol. The van der Waals surface area contributed by atoms with Crippen LogP contribution < -0.4 is 20.1 Å². The van der Waals surface area contributed by atoms with E-state index in [2.05, 4.69) is 10.6 Å². The van der Waals surface area contributed by atoms with Gasteiger partial charge in [-0.15, -0.1) is 0 Å². The van der Waals surface area contributed by atoms with Crippen molar-refractivity contribution in [2.75, 3.05) is 24.9 Å². The van der Waals surface area contributed by atoms with Crippen molar-refractivity contribution in [3.63, 3.8) is 0 Å². The zero-order valence-electron chi connectivity index (χ0n) is 14.0. The maximum atomic E-state index is 12.4. The van der Waals surface area contributed by atoms with Crippen molar-refractivity contribution in [3.05, 3.63) is 58.2 Å². The number of amides is 1. The Morgan fingerprint density at radius 3 is 2.12 bits per heavy atom. The van der Waals surface area contributed by atoms with Gasteiger partial charge in [0.25, 0.3) is 5.91 Å². The monoisotopic (exact) mass is 391 g/mol. The van der Waals surface area contributed by atoms with Gasteiger partial charge in [-0.05, 0) is 36.4 Å². The molecule has 26 heavy (non-hydrogen) atoms. The average molecular weight is 392 g/mol. The van der Waals surface area contributed by atoms with Crippen molar-refractivity contribution in [1.29, 1.82) is 5.26 Å². The normalized spacial score (nSPS) is 10.7. The molecule has 134 valence electrons. The molecule has 0 aliphatic rings. The van der Waals surface area contributed by atoms with E-state index in [0.717, 1.165) is 0 Å². The lowest BCUT2D eigenvalue weighted by Gasteiger charge is -2.11. The fraction of sp³-hybridized carbons (Fsp3) is 0.111. The van der Waals surface area contributed by atoms with Crippen molar-refractivity contribution in [2.24, 2.45) is 0 Å². The van der Waals surface area contributed by atoms with Gasteiger partial charge in [0.2, 0.25) is 0 Å². The van der Waals surface area contributed by atoms with Gasteiger partial charge in [0.05, 0.1) is 25.6 Å². The van der Waals surface area contributed by atoms with Crippen LogP contribution in [0.5, 0.6) is 11.5 Å². The molecule has 0 radical (unpaired) electrons. The smallest absolute Gasteiger partial charge is 0.267 e. The highest BCUT2D eigenvalue weighted by molar-refractivity contribution is 6.31. The molecule has 0 saturated carbocycles. The summed E-state index contributed by atoms with van der Waals surface area (Å²) in [5.74, 6) is 0.311. The molecule has 0 aromatic heterocycles. The Morgan fingerprint density at radius 1 is 1.04 bits per heavy atom. The molecule has 0 aliphatic heterocycles. The van der Waals surface area contributed by atoms with E-state index in [1.807, 2.05) is 6.07 Å². The molecule has 0 saturated heterocycles. The van der Waals surface area contributed by atoms with Crippen LogP contribution >= 0.6 is 23.2 Å². The summed E-state index contributed by atoms with van der Waals surface area (Å²) < 4.78 is 10.4. The molecule has 8 heteroatoms. The van der Waals surface area contributed by atoms with Gasteiger partial charge in [-0.3, -0.25) is 4.79 Å². The number of nitrogens with zero attached hydrogens (tertiary/aromatic N) is 1. The standard InChI is InChI=1S/C18H15Cl2N3O3/c1-25-16-5-3-12(19)7-14(16)22-10-11(9-21)18(24)23-15-8-13(20)4-6-17(15)26-2/h3-8,10,22H,1-2H3,(H,23,24)/b11-10-. The largest absolute Gasteiger partial charge is 0.495 e. The Labute approximate surface area is 160 Å². The number of anilines is 2. The Kier molecular flexibility index (Phi) is 6.73. The van der Waals surface area contributed by atoms with Crippen LogP contribution in [0.3, 0.4) is 0 Å². The third-order valence-electron chi connectivity index (χ3n) is 3.31. The van der Waals surface area contributed by atoms with E-state index in [9.17, 15) is 10.1 Å². The summed E-state index contributed by atoms with van der Waals surface area (Å²) in [6.07, 6.45) is 1.26. The third kappa shape index (κ3) is 4.82. The summed E-state index contributed by atoms with van der Waals surface area (Å²) in [6, 6.07) is 11.6. The first-order valence-electron chi connectivity index (χ1n) is 7.33. The lowest BCUT2D eigenvalue weighted by molar-refractivity contribution is -0.112. The molecule has 0 bridgehead atoms. The van der Waals surface area contributed by atoms with Crippen LogP contribution in [0.2, 0.25) is 10.0 Å².